The first-order valence-electron chi connectivity index (χ1n) is 6.45. The molecule has 0 radical (unpaired) electrons. The number of carboxylic acids is 1. The molecule has 1 saturated heterocycles. The molecule has 2 N–H and O–H groups in total. The highest BCUT2D eigenvalue weighted by Gasteiger charge is 2.18. The molecule has 0 saturated carbocycles. The third-order valence-corrected chi connectivity index (χ3v) is 3.24. The maximum absolute atomic E-state index is 11.1. The number of nitro groups is 1. The monoisotopic (exact) mass is 280 g/mol. The van der Waals surface area contributed by atoms with Crippen LogP contribution in [-0.4, -0.2) is 35.3 Å². The molecule has 1 aliphatic rings. The number of hydrogen-bond acceptors (Lipinski definition) is 5. The maximum atomic E-state index is 11.1. The number of rotatable bonds is 5. The lowest BCUT2D eigenvalue weighted by molar-refractivity contribution is -0.384. The van der Waals surface area contributed by atoms with E-state index >= 15 is 0 Å². The molecule has 7 heteroatoms. The first-order chi connectivity index (χ1) is 9.58. The molecule has 20 heavy (non-hydrogen) atoms. The summed E-state index contributed by atoms with van der Waals surface area (Å²) in [5, 5.41) is 22.8. The molecule has 2 rings (SSSR count). The molecule has 0 aromatic heterocycles. The van der Waals surface area contributed by atoms with Crippen molar-refractivity contribution in [1.29, 1.82) is 0 Å². The third-order valence-electron chi connectivity index (χ3n) is 3.24. The van der Waals surface area contributed by atoms with Gasteiger partial charge in [0, 0.05) is 25.3 Å². The molecule has 0 aliphatic carbocycles. The average Bonchev–Trinajstić information content (AvgIpc) is 2.45. The van der Waals surface area contributed by atoms with Gasteiger partial charge < -0.3 is 15.2 Å². The standard InChI is InChI=1S/C13H16N2O5/c16-13(17)11-5-4-9(15(18)19)7-12(11)14-8-10-3-1-2-6-20-10/h4-5,7,10,14H,1-3,6,8H2,(H,16,17). The van der Waals surface area contributed by atoms with Crippen LogP contribution >= 0.6 is 0 Å². The van der Waals surface area contributed by atoms with Crippen LogP contribution in [-0.2, 0) is 4.74 Å². The van der Waals surface area contributed by atoms with E-state index in [1.165, 1.54) is 18.2 Å². The van der Waals surface area contributed by atoms with E-state index < -0.39 is 10.9 Å². The quantitative estimate of drug-likeness (QED) is 0.633. The molecule has 0 amide bonds. The van der Waals surface area contributed by atoms with E-state index in [1.54, 1.807) is 0 Å². The number of carboxylic acid groups (broad SMARTS) is 1. The smallest absolute Gasteiger partial charge is 0.337 e. The molecule has 1 atom stereocenters. The van der Waals surface area contributed by atoms with E-state index in [-0.39, 0.29) is 23.0 Å². The molecule has 1 fully saturated rings. The highest BCUT2D eigenvalue weighted by atomic mass is 16.6. The van der Waals surface area contributed by atoms with E-state index in [2.05, 4.69) is 5.32 Å². The maximum Gasteiger partial charge on any atom is 0.337 e. The van der Waals surface area contributed by atoms with Gasteiger partial charge in [-0.25, -0.2) is 4.79 Å². The van der Waals surface area contributed by atoms with Gasteiger partial charge in [-0.05, 0) is 25.3 Å². The van der Waals surface area contributed by atoms with Crippen molar-refractivity contribution in [2.24, 2.45) is 0 Å². The number of anilines is 1. The summed E-state index contributed by atoms with van der Waals surface area (Å²) in [5.74, 6) is -1.12. The first-order valence-corrected chi connectivity index (χ1v) is 6.45. The van der Waals surface area contributed by atoms with Gasteiger partial charge in [0.2, 0.25) is 0 Å². The Balaban J connectivity index is 2.12. The van der Waals surface area contributed by atoms with E-state index in [9.17, 15) is 14.9 Å². The molecule has 1 aliphatic heterocycles. The topological polar surface area (TPSA) is 102 Å². The summed E-state index contributed by atoms with van der Waals surface area (Å²) in [5.41, 5.74) is 0.134. The zero-order valence-corrected chi connectivity index (χ0v) is 10.9. The Morgan fingerprint density at radius 2 is 2.30 bits per heavy atom. The van der Waals surface area contributed by atoms with Gasteiger partial charge in [0.25, 0.3) is 5.69 Å². The lowest BCUT2D eigenvalue weighted by Crippen LogP contribution is -2.27. The van der Waals surface area contributed by atoms with Crippen LogP contribution in [0.15, 0.2) is 18.2 Å². The van der Waals surface area contributed by atoms with E-state index in [1.807, 2.05) is 0 Å². The van der Waals surface area contributed by atoms with Gasteiger partial charge in [0.1, 0.15) is 0 Å². The highest BCUT2D eigenvalue weighted by Crippen LogP contribution is 2.23. The Morgan fingerprint density at radius 1 is 1.50 bits per heavy atom. The molecular formula is C13H16N2O5. The molecule has 0 bridgehead atoms. The fraction of sp³-hybridized carbons (Fsp3) is 0.462. The lowest BCUT2D eigenvalue weighted by Gasteiger charge is -2.23. The van der Waals surface area contributed by atoms with Gasteiger partial charge in [0.15, 0.2) is 0 Å². The predicted molar refractivity (Wildman–Crippen MR) is 72.1 cm³/mol. The third kappa shape index (κ3) is 3.45. The van der Waals surface area contributed by atoms with Gasteiger partial charge in [-0.15, -0.1) is 0 Å². The van der Waals surface area contributed by atoms with Gasteiger partial charge in [-0.1, -0.05) is 0 Å². The van der Waals surface area contributed by atoms with Gasteiger partial charge >= 0.3 is 5.97 Å². The van der Waals surface area contributed by atoms with E-state index in [4.69, 9.17) is 9.84 Å². The number of nitrogens with zero attached hydrogens (tertiary/aromatic N) is 1. The molecule has 1 unspecified atom stereocenters. The number of aromatic carboxylic acids is 1. The number of carbonyl (C=O) groups is 1. The molecule has 1 heterocycles. The largest absolute Gasteiger partial charge is 0.478 e. The minimum Gasteiger partial charge on any atom is -0.478 e. The Kier molecular flexibility index (Phi) is 4.52. The van der Waals surface area contributed by atoms with Crippen molar-refractivity contribution in [3.05, 3.63) is 33.9 Å². The van der Waals surface area contributed by atoms with Crippen LogP contribution < -0.4 is 5.32 Å². The molecule has 1 aromatic rings. The van der Waals surface area contributed by atoms with Crippen LogP contribution in [0.3, 0.4) is 0 Å². The summed E-state index contributed by atoms with van der Waals surface area (Å²) in [6, 6.07) is 3.67. The summed E-state index contributed by atoms with van der Waals surface area (Å²) in [6.07, 6.45) is 3.04. The minimum absolute atomic E-state index is 0.0182. The van der Waals surface area contributed by atoms with Crippen LogP contribution in [0.1, 0.15) is 29.6 Å². The minimum atomic E-state index is -1.12. The Labute approximate surface area is 115 Å². The summed E-state index contributed by atoms with van der Waals surface area (Å²) >= 11 is 0. The molecule has 108 valence electrons. The Hall–Kier alpha value is -2.15. The first kappa shape index (κ1) is 14.3. The Morgan fingerprint density at radius 3 is 2.90 bits per heavy atom. The number of benzene rings is 1. The summed E-state index contributed by atoms with van der Waals surface area (Å²) in [6.45, 7) is 1.15. The van der Waals surface area contributed by atoms with Crippen LogP contribution in [0.4, 0.5) is 11.4 Å². The molecule has 7 nitrogen and oxygen atoms in total. The Bertz CT molecular complexity index is 511. The van der Waals surface area contributed by atoms with E-state index in [0.29, 0.717) is 13.2 Å². The van der Waals surface area contributed by atoms with E-state index in [0.717, 1.165) is 19.3 Å². The number of ether oxygens (including phenoxy) is 1. The van der Waals surface area contributed by atoms with Crippen LogP contribution in [0, 0.1) is 10.1 Å². The van der Waals surface area contributed by atoms with Crippen molar-refractivity contribution in [1.82, 2.24) is 0 Å². The number of nitrogens with one attached hydrogen (secondary N) is 1. The van der Waals surface area contributed by atoms with Crippen LogP contribution in [0.5, 0.6) is 0 Å². The normalized spacial score (nSPS) is 18.5. The van der Waals surface area contributed by atoms with Gasteiger partial charge in [-0.2, -0.15) is 0 Å². The SMILES string of the molecule is O=C(O)c1ccc([N+](=O)[O-])cc1NCC1CCCCO1. The highest BCUT2D eigenvalue weighted by molar-refractivity contribution is 5.94. The molecular weight excluding hydrogens is 264 g/mol. The second kappa shape index (κ2) is 6.33. The van der Waals surface area contributed by atoms with Crippen molar-refractivity contribution in [3.63, 3.8) is 0 Å². The fourth-order valence-corrected chi connectivity index (χ4v) is 2.17. The number of nitro benzene ring substituents is 1. The second-order valence-corrected chi connectivity index (χ2v) is 4.66. The van der Waals surface area contributed by atoms with Crippen molar-refractivity contribution < 1.29 is 19.6 Å². The zero-order valence-electron chi connectivity index (χ0n) is 10.9. The van der Waals surface area contributed by atoms with Crippen molar-refractivity contribution >= 4 is 17.3 Å². The number of hydrogen-bond donors (Lipinski definition) is 2. The van der Waals surface area contributed by atoms with Crippen molar-refractivity contribution in [2.75, 3.05) is 18.5 Å². The summed E-state index contributed by atoms with van der Waals surface area (Å²) in [7, 11) is 0. The van der Waals surface area contributed by atoms with Crippen molar-refractivity contribution in [3.8, 4) is 0 Å². The number of non-ortho nitro benzene ring substituents is 1. The van der Waals surface area contributed by atoms with Gasteiger partial charge in [-0.3, -0.25) is 10.1 Å². The van der Waals surface area contributed by atoms with Crippen molar-refractivity contribution in [2.45, 2.75) is 25.4 Å². The average molecular weight is 280 g/mol. The summed E-state index contributed by atoms with van der Waals surface area (Å²) in [4.78, 5) is 21.3. The van der Waals surface area contributed by atoms with Crippen LogP contribution in [0.2, 0.25) is 0 Å². The molecule has 0 spiro atoms. The zero-order chi connectivity index (χ0) is 14.5. The predicted octanol–water partition coefficient (Wildman–Crippen LogP) is 2.27. The second-order valence-electron chi connectivity index (χ2n) is 4.66. The fourth-order valence-electron chi connectivity index (χ4n) is 2.17. The van der Waals surface area contributed by atoms with Crippen LogP contribution in [0.25, 0.3) is 0 Å². The molecule has 1 aromatic carbocycles. The lowest BCUT2D eigenvalue weighted by atomic mass is 10.1. The van der Waals surface area contributed by atoms with Gasteiger partial charge in [0.05, 0.1) is 22.3 Å². The summed E-state index contributed by atoms with van der Waals surface area (Å²) < 4.78 is 5.53.